The molecule has 2 unspecified atom stereocenters. The number of likely N-dealkylation sites (tertiary alicyclic amines) is 1. The summed E-state index contributed by atoms with van der Waals surface area (Å²) in [6.45, 7) is 7.33. The second-order valence-corrected chi connectivity index (χ2v) is 5.21. The highest BCUT2D eigenvalue weighted by atomic mass is 16.3. The Balaban J connectivity index is 2.88. The van der Waals surface area contributed by atoms with E-state index in [-0.39, 0.29) is 18.6 Å². The van der Waals surface area contributed by atoms with Gasteiger partial charge >= 0.3 is 0 Å². The summed E-state index contributed by atoms with van der Waals surface area (Å²) in [6.07, 6.45) is 2.51. The van der Waals surface area contributed by atoms with Crippen LogP contribution in [0, 0.1) is 11.3 Å². The number of carbonyl (C=O) groups excluding carboxylic acids is 1. The van der Waals surface area contributed by atoms with Crippen molar-refractivity contribution in [3.05, 3.63) is 0 Å². The molecule has 17 heavy (non-hydrogen) atoms. The Labute approximate surface area is 104 Å². The van der Waals surface area contributed by atoms with Gasteiger partial charge in [0.25, 0.3) is 0 Å². The number of rotatable bonds is 5. The quantitative estimate of drug-likeness (QED) is 0.755. The predicted octanol–water partition coefficient (Wildman–Crippen LogP) is 0.981. The molecule has 1 amide bonds. The molecule has 0 spiro atoms. The van der Waals surface area contributed by atoms with Crippen molar-refractivity contribution in [2.24, 2.45) is 17.1 Å². The molecule has 1 fully saturated rings. The number of hydrogen-bond acceptors (Lipinski definition) is 3. The molecular formula is C13H26N2O2. The van der Waals surface area contributed by atoms with Crippen LogP contribution in [0.25, 0.3) is 0 Å². The number of nitrogens with zero attached hydrogens (tertiary/aromatic N) is 1. The summed E-state index contributed by atoms with van der Waals surface area (Å²) in [5, 5.41) is 9.41. The fraction of sp³-hybridized carbons (Fsp3) is 0.923. The zero-order valence-corrected chi connectivity index (χ0v) is 11.3. The van der Waals surface area contributed by atoms with Crippen LogP contribution < -0.4 is 5.73 Å². The molecule has 0 radical (unpaired) electrons. The van der Waals surface area contributed by atoms with E-state index in [0.29, 0.717) is 12.5 Å². The topological polar surface area (TPSA) is 66.6 Å². The van der Waals surface area contributed by atoms with Crippen LogP contribution in [0.15, 0.2) is 0 Å². The Morgan fingerprint density at radius 1 is 1.47 bits per heavy atom. The lowest BCUT2D eigenvalue weighted by Gasteiger charge is -2.36. The van der Waals surface area contributed by atoms with Gasteiger partial charge in [0.05, 0.1) is 18.1 Å². The minimum Gasteiger partial charge on any atom is -0.394 e. The lowest BCUT2D eigenvalue weighted by Crippen LogP contribution is -2.50. The smallest absolute Gasteiger partial charge is 0.230 e. The van der Waals surface area contributed by atoms with Gasteiger partial charge in [0, 0.05) is 13.1 Å². The molecule has 1 heterocycles. The summed E-state index contributed by atoms with van der Waals surface area (Å²) in [4.78, 5) is 14.5. The van der Waals surface area contributed by atoms with Crippen molar-refractivity contribution in [3.8, 4) is 0 Å². The third kappa shape index (κ3) is 2.47. The summed E-state index contributed by atoms with van der Waals surface area (Å²) in [5.41, 5.74) is 5.38. The second-order valence-electron chi connectivity index (χ2n) is 5.21. The Bertz CT molecular complexity index is 256. The van der Waals surface area contributed by atoms with Crippen LogP contribution >= 0.6 is 0 Å². The van der Waals surface area contributed by atoms with E-state index < -0.39 is 5.41 Å². The van der Waals surface area contributed by atoms with E-state index in [4.69, 9.17) is 5.73 Å². The van der Waals surface area contributed by atoms with Gasteiger partial charge in [-0.3, -0.25) is 4.79 Å². The van der Waals surface area contributed by atoms with Crippen LogP contribution in [-0.2, 0) is 4.79 Å². The summed E-state index contributed by atoms with van der Waals surface area (Å²) in [7, 11) is 0. The molecule has 4 heteroatoms. The van der Waals surface area contributed by atoms with Crippen molar-refractivity contribution >= 4 is 5.91 Å². The third-order valence-corrected chi connectivity index (χ3v) is 4.53. The number of aliphatic hydroxyl groups excluding tert-OH is 1. The first kappa shape index (κ1) is 14.5. The van der Waals surface area contributed by atoms with E-state index in [1.165, 1.54) is 0 Å². The zero-order chi connectivity index (χ0) is 13.1. The fourth-order valence-electron chi connectivity index (χ4n) is 2.77. The first-order valence-electron chi connectivity index (χ1n) is 6.68. The van der Waals surface area contributed by atoms with Crippen LogP contribution in [0.5, 0.6) is 0 Å². The van der Waals surface area contributed by atoms with Gasteiger partial charge in [0.2, 0.25) is 5.91 Å². The normalized spacial score (nSPS) is 25.4. The van der Waals surface area contributed by atoms with Gasteiger partial charge in [-0.1, -0.05) is 20.8 Å². The van der Waals surface area contributed by atoms with Gasteiger partial charge in [-0.15, -0.1) is 0 Å². The summed E-state index contributed by atoms with van der Waals surface area (Å²) in [6, 6.07) is -0.0217. The number of amides is 1. The van der Waals surface area contributed by atoms with E-state index in [9.17, 15) is 9.90 Å². The molecule has 0 aromatic carbocycles. The van der Waals surface area contributed by atoms with Crippen LogP contribution in [0.3, 0.4) is 0 Å². The van der Waals surface area contributed by atoms with Crippen molar-refractivity contribution in [2.75, 3.05) is 19.7 Å². The van der Waals surface area contributed by atoms with Crippen molar-refractivity contribution in [2.45, 2.75) is 46.1 Å². The average Bonchev–Trinajstić information content (AvgIpc) is 2.73. The molecule has 4 nitrogen and oxygen atoms in total. The molecule has 0 aromatic heterocycles. The Kier molecular flexibility index (Phi) is 4.95. The van der Waals surface area contributed by atoms with Crippen molar-refractivity contribution in [1.29, 1.82) is 0 Å². The molecule has 1 rings (SSSR count). The molecule has 1 saturated heterocycles. The Morgan fingerprint density at radius 2 is 2.06 bits per heavy atom. The van der Waals surface area contributed by atoms with Crippen LogP contribution in [-0.4, -0.2) is 41.7 Å². The molecule has 1 aliphatic heterocycles. The fourth-order valence-corrected chi connectivity index (χ4v) is 2.77. The average molecular weight is 242 g/mol. The van der Waals surface area contributed by atoms with E-state index in [0.717, 1.165) is 25.8 Å². The van der Waals surface area contributed by atoms with E-state index in [1.54, 1.807) is 0 Å². The highest BCUT2D eigenvalue weighted by Gasteiger charge is 2.42. The molecule has 2 atom stereocenters. The highest BCUT2D eigenvalue weighted by Crippen LogP contribution is 2.33. The van der Waals surface area contributed by atoms with Gasteiger partial charge in [-0.05, 0) is 25.2 Å². The number of hydrogen-bond donors (Lipinski definition) is 2. The lowest BCUT2D eigenvalue weighted by atomic mass is 9.80. The Hall–Kier alpha value is -0.610. The third-order valence-electron chi connectivity index (χ3n) is 4.53. The number of nitrogens with two attached hydrogens (primary N) is 1. The first-order valence-corrected chi connectivity index (χ1v) is 6.68. The van der Waals surface area contributed by atoms with E-state index in [1.807, 2.05) is 18.7 Å². The summed E-state index contributed by atoms with van der Waals surface area (Å²) in [5.74, 6) is 0.515. The maximum absolute atomic E-state index is 12.6. The molecule has 1 aliphatic rings. The molecule has 3 N–H and O–H groups in total. The predicted molar refractivity (Wildman–Crippen MR) is 68.4 cm³/mol. The van der Waals surface area contributed by atoms with Gasteiger partial charge in [0.15, 0.2) is 0 Å². The molecule has 100 valence electrons. The van der Waals surface area contributed by atoms with Gasteiger partial charge < -0.3 is 15.7 Å². The minimum absolute atomic E-state index is 0.0217. The molecular weight excluding hydrogens is 216 g/mol. The summed E-state index contributed by atoms with van der Waals surface area (Å²) >= 11 is 0. The van der Waals surface area contributed by atoms with E-state index >= 15 is 0 Å². The Morgan fingerprint density at radius 3 is 2.47 bits per heavy atom. The van der Waals surface area contributed by atoms with Gasteiger partial charge in [-0.2, -0.15) is 0 Å². The van der Waals surface area contributed by atoms with Gasteiger partial charge in [-0.25, -0.2) is 0 Å². The SMILES string of the molecule is CCC(CC)(CN)C(=O)N1CCC(C)C1CO. The van der Waals surface area contributed by atoms with Crippen LogP contribution in [0.1, 0.15) is 40.0 Å². The maximum atomic E-state index is 12.6. The zero-order valence-electron chi connectivity index (χ0n) is 11.3. The summed E-state index contributed by atoms with van der Waals surface area (Å²) < 4.78 is 0. The minimum atomic E-state index is -0.433. The maximum Gasteiger partial charge on any atom is 0.230 e. The van der Waals surface area contributed by atoms with Crippen molar-refractivity contribution < 1.29 is 9.90 Å². The lowest BCUT2D eigenvalue weighted by molar-refractivity contribution is -0.144. The van der Waals surface area contributed by atoms with Crippen molar-refractivity contribution in [3.63, 3.8) is 0 Å². The van der Waals surface area contributed by atoms with E-state index in [2.05, 4.69) is 6.92 Å². The van der Waals surface area contributed by atoms with Crippen LogP contribution in [0.4, 0.5) is 0 Å². The molecule has 0 aliphatic carbocycles. The highest BCUT2D eigenvalue weighted by molar-refractivity contribution is 5.83. The van der Waals surface area contributed by atoms with Crippen molar-refractivity contribution in [1.82, 2.24) is 4.90 Å². The first-order chi connectivity index (χ1) is 8.06. The van der Waals surface area contributed by atoms with Gasteiger partial charge in [0.1, 0.15) is 0 Å². The largest absolute Gasteiger partial charge is 0.394 e. The standard InChI is InChI=1S/C13H26N2O2/c1-4-13(5-2,9-14)12(17)15-7-6-10(3)11(15)8-16/h10-11,16H,4-9,14H2,1-3H3. The molecule has 0 bridgehead atoms. The molecule has 0 saturated carbocycles. The second kappa shape index (κ2) is 5.83. The number of carbonyl (C=O) groups is 1. The number of aliphatic hydroxyl groups is 1. The van der Waals surface area contributed by atoms with Crippen LogP contribution in [0.2, 0.25) is 0 Å². The monoisotopic (exact) mass is 242 g/mol. The molecule has 0 aromatic rings.